The molecule has 0 heterocycles. The van der Waals surface area contributed by atoms with Gasteiger partial charge in [-0.3, -0.25) is 9.59 Å². The van der Waals surface area contributed by atoms with Crippen LogP contribution in [0.25, 0.3) is 0 Å². The van der Waals surface area contributed by atoms with Crippen LogP contribution in [0, 0.1) is 17.6 Å². The monoisotopic (exact) mass is 562 g/mol. The van der Waals surface area contributed by atoms with Crippen molar-refractivity contribution in [3.8, 4) is 0 Å². The van der Waals surface area contributed by atoms with Crippen molar-refractivity contribution >= 4 is 81.2 Å². The maximum Gasteiger partial charge on any atom is 0.258 e. The second-order valence-electron chi connectivity index (χ2n) is 7.57. The SMILES string of the molecule is O=C(Nc1ccc(F)cc1)c1cc(NC(=O)[C@H]2[C@H](c3cc(Cl)c(Cl)c(Cl)c3)C2(Cl)Cl)ccc1F. The molecular weight excluding hydrogens is 552 g/mol. The van der Waals surface area contributed by atoms with Crippen molar-refractivity contribution in [1.29, 1.82) is 0 Å². The Bertz CT molecular complexity index is 1280. The zero-order valence-corrected chi connectivity index (χ0v) is 20.6. The number of carbonyl (C=O) groups excluding carboxylic acids is 2. The number of alkyl halides is 2. The van der Waals surface area contributed by atoms with Gasteiger partial charge in [-0.15, -0.1) is 23.2 Å². The smallest absolute Gasteiger partial charge is 0.258 e. The van der Waals surface area contributed by atoms with Gasteiger partial charge in [0.2, 0.25) is 5.91 Å². The highest BCUT2D eigenvalue weighted by molar-refractivity contribution is 6.54. The molecule has 2 atom stereocenters. The van der Waals surface area contributed by atoms with Gasteiger partial charge in [-0.25, -0.2) is 8.78 Å². The minimum Gasteiger partial charge on any atom is -0.326 e. The summed E-state index contributed by atoms with van der Waals surface area (Å²) in [6.45, 7) is 0. The molecule has 0 bridgehead atoms. The van der Waals surface area contributed by atoms with Gasteiger partial charge in [0.05, 0.1) is 26.5 Å². The zero-order chi connectivity index (χ0) is 24.8. The van der Waals surface area contributed by atoms with Crippen LogP contribution in [0.3, 0.4) is 0 Å². The summed E-state index contributed by atoms with van der Waals surface area (Å²) in [5.74, 6) is -4.11. The van der Waals surface area contributed by atoms with Crippen molar-refractivity contribution in [2.24, 2.45) is 5.92 Å². The highest BCUT2D eigenvalue weighted by Crippen LogP contribution is 2.65. The largest absolute Gasteiger partial charge is 0.326 e. The molecule has 0 unspecified atom stereocenters. The second kappa shape index (κ2) is 9.51. The van der Waals surface area contributed by atoms with Crippen LogP contribution in [0.5, 0.6) is 0 Å². The molecule has 3 aromatic rings. The molecule has 0 aliphatic heterocycles. The van der Waals surface area contributed by atoms with Crippen LogP contribution in [0.15, 0.2) is 54.6 Å². The number of amides is 2. The standard InChI is InChI=1S/C23H13Cl5F2N2O2/c24-15-7-10(8-16(25)20(15)26)18-19(23(18,27)28)22(34)32-13-5-6-17(30)14(9-13)21(33)31-12-3-1-11(29)2-4-12/h1-9,18-19H,(H,31,33)(H,32,34)/t18-,19+/m0/s1. The summed E-state index contributed by atoms with van der Waals surface area (Å²) in [7, 11) is 0. The summed E-state index contributed by atoms with van der Waals surface area (Å²) in [6.07, 6.45) is 0. The molecular formula is C23H13Cl5F2N2O2. The molecule has 1 fully saturated rings. The zero-order valence-electron chi connectivity index (χ0n) is 16.8. The van der Waals surface area contributed by atoms with Gasteiger partial charge < -0.3 is 10.6 Å². The second-order valence-corrected chi connectivity index (χ2v) is 10.2. The summed E-state index contributed by atoms with van der Waals surface area (Å²) in [5.41, 5.74) is 0.629. The number of nitrogens with one attached hydrogen (secondary N) is 2. The Morgan fingerprint density at radius 1 is 0.824 bits per heavy atom. The van der Waals surface area contributed by atoms with Crippen molar-refractivity contribution in [2.45, 2.75) is 10.3 Å². The van der Waals surface area contributed by atoms with Gasteiger partial charge in [0.25, 0.3) is 5.91 Å². The molecule has 1 saturated carbocycles. The predicted octanol–water partition coefficient (Wildman–Crippen LogP) is 7.70. The van der Waals surface area contributed by atoms with Crippen LogP contribution in [-0.4, -0.2) is 16.1 Å². The van der Waals surface area contributed by atoms with Gasteiger partial charge in [-0.2, -0.15) is 0 Å². The lowest BCUT2D eigenvalue weighted by Gasteiger charge is -2.10. The molecule has 2 N–H and O–H groups in total. The van der Waals surface area contributed by atoms with E-state index < -0.39 is 39.6 Å². The lowest BCUT2D eigenvalue weighted by atomic mass is 10.1. The molecule has 0 saturated heterocycles. The van der Waals surface area contributed by atoms with E-state index in [1.54, 1.807) is 0 Å². The average Bonchev–Trinajstić information content (AvgIpc) is 3.36. The first-order valence-corrected chi connectivity index (χ1v) is 11.6. The van der Waals surface area contributed by atoms with E-state index in [4.69, 9.17) is 58.0 Å². The van der Waals surface area contributed by atoms with Gasteiger partial charge in [-0.05, 0) is 60.2 Å². The maximum absolute atomic E-state index is 14.3. The quantitative estimate of drug-likeness (QED) is 0.246. The topological polar surface area (TPSA) is 58.2 Å². The molecule has 0 radical (unpaired) electrons. The molecule has 11 heteroatoms. The molecule has 1 aliphatic carbocycles. The van der Waals surface area contributed by atoms with Crippen LogP contribution in [0.1, 0.15) is 21.8 Å². The highest BCUT2D eigenvalue weighted by atomic mass is 35.5. The van der Waals surface area contributed by atoms with Crippen molar-refractivity contribution in [1.82, 2.24) is 0 Å². The predicted molar refractivity (Wildman–Crippen MR) is 132 cm³/mol. The van der Waals surface area contributed by atoms with Gasteiger partial charge in [0.1, 0.15) is 16.0 Å². The Labute approximate surface area is 218 Å². The summed E-state index contributed by atoms with van der Waals surface area (Å²) >= 11 is 30.8. The molecule has 4 nitrogen and oxygen atoms in total. The fourth-order valence-corrected chi connectivity index (χ4v) is 4.99. The van der Waals surface area contributed by atoms with Crippen LogP contribution in [0.2, 0.25) is 15.1 Å². The molecule has 176 valence electrons. The third kappa shape index (κ3) is 4.97. The van der Waals surface area contributed by atoms with Gasteiger partial charge >= 0.3 is 0 Å². The Morgan fingerprint density at radius 2 is 1.41 bits per heavy atom. The van der Waals surface area contributed by atoms with Crippen LogP contribution >= 0.6 is 58.0 Å². The third-order valence-electron chi connectivity index (χ3n) is 5.28. The van der Waals surface area contributed by atoms with Crippen molar-refractivity contribution < 1.29 is 18.4 Å². The Kier molecular flexibility index (Phi) is 7.00. The number of carbonyl (C=O) groups is 2. The van der Waals surface area contributed by atoms with E-state index in [1.165, 1.54) is 36.4 Å². The first kappa shape index (κ1) is 25.0. The van der Waals surface area contributed by atoms with Gasteiger partial charge in [-0.1, -0.05) is 34.8 Å². The first-order chi connectivity index (χ1) is 16.0. The lowest BCUT2D eigenvalue weighted by molar-refractivity contribution is -0.117. The highest BCUT2D eigenvalue weighted by Gasteiger charge is 2.67. The van der Waals surface area contributed by atoms with Crippen molar-refractivity contribution in [2.75, 3.05) is 10.6 Å². The number of benzene rings is 3. The molecule has 2 amide bonds. The summed E-state index contributed by atoms with van der Waals surface area (Å²) in [5, 5.41) is 5.61. The Morgan fingerprint density at radius 3 is 2.03 bits per heavy atom. The minimum absolute atomic E-state index is 0.151. The molecule has 3 aromatic carbocycles. The first-order valence-electron chi connectivity index (χ1n) is 9.68. The van der Waals surface area contributed by atoms with E-state index in [-0.39, 0.29) is 32.0 Å². The lowest BCUT2D eigenvalue weighted by Crippen LogP contribution is -2.18. The van der Waals surface area contributed by atoms with E-state index in [1.807, 2.05) is 0 Å². The Balaban J connectivity index is 1.51. The summed E-state index contributed by atoms with van der Waals surface area (Å²) in [4.78, 5) is 25.4. The fraction of sp³-hybridized carbons (Fsp3) is 0.130. The van der Waals surface area contributed by atoms with Crippen molar-refractivity contribution in [3.63, 3.8) is 0 Å². The molecule has 34 heavy (non-hydrogen) atoms. The normalized spacial score (nSPS) is 18.3. The van der Waals surface area contributed by atoms with Crippen LogP contribution in [0.4, 0.5) is 20.2 Å². The average molecular weight is 565 g/mol. The summed E-state index contributed by atoms with van der Waals surface area (Å²) < 4.78 is 25.9. The van der Waals surface area contributed by atoms with E-state index in [0.29, 0.717) is 5.56 Å². The fourth-order valence-electron chi connectivity index (χ4n) is 3.55. The third-order valence-corrected chi connectivity index (χ3v) is 7.42. The van der Waals surface area contributed by atoms with E-state index in [0.717, 1.165) is 18.2 Å². The number of anilines is 2. The van der Waals surface area contributed by atoms with Crippen molar-refractivity contribution in [3.05, 3.63) is 92.4 Å². The van der Waals surface area contributed by atoms with E-state index >= 15 is 0 Å². The molecule has 0 spiro atoms. The number of rotatable bonds is 5. The van der Waals surface area contributed by atoms with Gasteiger partial charge in [0, 0.05) is 17.3 Å². The number of hydrogen-bond acceptors (Lipinski definition) is 2. The van der Waals surface area contributed by atoms with Crippen LogP contribution in [-0.2, 0) is 4.79 Å². The molecule has 0 aromatic heterocycles. The molecule has 1 aliphatic rings. The Hall–Kier alpha value is -2.09. The van der Waals surface area contributed by atoms with E-state index in [2.05, 4.69) is 10.6 Å². The maximum atomic E-state index is 14.3. The number of hydrogen-bond donors (Lipinski definition) is 2. The van der Waals surface area contributed by atoms with Gasteiger partial charge in [0.15, 0.2) is 0 Å². The van der Waals surface area contributed by atoms with E-state index in [9.17, 15) is 18.4 Å². The summed E-state index contributed by atoms with van der Waals surface area (Å²) in [6, 6.07) is 11.5. The number of halogens is 7. The molecule has 4 rings (SSSR count). The minimum atomic E-state index is -1.44. The van der Waals surface area contributed by atoms with Crippen LogP contribution < -0.4 is 10.6 Å².